The summed E-state index contributed by atoms with van der Waals surface area (Å²) >= 11 is 4.32. The molecule has 0 bridgehead atoms. The Morgan fingerprint density at radius 1 is 1.75 bits per heavy atom. The number of nitrogens with one attached hydrogen (secondary N) is 1. The Balaban J connectivity index is 2.35. The van der Waals surface area contributed by atoms with E-state index in [1.165, 1.54) is 0 Å². The molecule has 0 aromatic carbocycles. The highest BCUT2D eigenvalue weighted by molar-refractivity contribution is 8.48. The third kappa shape index (κ3) is 2.86. The van der Waals surface area contributed by atoms with Gasteiger partial charge in [0.15, 0.2) is 0 Å². The van der Waals surface area contributed by atoms with Crippen LogP contribution in [-0.4, -0.2) is 19.8 Å². The smallest absolute Gasteiger partial charge is 0.226 e. The molecule has 1 N–H and O–H groups in total. The van der Waals surface area contributed by atoms with Crippen LogP contribution in [0.3, 0.4) is 0 Å². The van der Waals surface area contributed by atoms with Crippen molar-refractivity contribution in [3.63, 3.8) is 0 Å². The molecule has 2 atom stereocenters. The molecule has 1 fully saturated rings. The van der Waals surface area contributed by atoms with Gasteiger partial charge in [0.25, 0.3) is 0 Å². The zero-order valence-corrected chi connectivity index (χ0v) is 9.57. The van der Waals surface area contributed by atoms with E-state index in [-0.39, 0.29) is 0 Å². The van der Waals surface area contributed by atoms with Crippen molar-refractivity contribution in [2.75, 3.05) is 13.7 Å². The van der Waals surface area contributed by atoms with Gasteiger partial charge in [-0.25, -0.2) is 5.09 Å². The van der Waals surface area contributed by atoms with Crippen LogP contribution in [-0.2, 0) is 9.05 Å². The maximum atomic E-state index is 5.45. The van der Waals surface area contributed by atoms with Gasteiger partial charge in [0, 0.05) is 13.2 Å². The first-order valence-electron chi connectivity index (χ1n) is 4.15. The first-order chi connectivity index (χ1) is 5.56. The van der Waals surface area contributed by atoms with Gasteiger partial charge in [-0.05, 0) is 12.3 Å². The average Bonchev–Trinajstić information content (AvgIpc) is 2.32. The molecule has 0 aromatic heterocycles. The SMILES string of the molecule is CO[P]1(S)N[C@@H](CC(C)C)CO1. The molecular weight excluding hydrogens is 193 g/mol. The Hall–Kier alpha value is 0.660. The van der Waals surface area contributed by atoms with Crippen LogP contribution in [0.5, 0.6) is 0 Å². The highest BCUT2D eigenvalue weighted by Crippen LogP contribution is 2.64. The third-order valence-corrected chi connectivity index (χ3v) is 4.67. The molecule has 0 saturated carbocycles. The van der Waals surface area contributed by atoms with Gasteiger partial charge in [-0.2, -0.15) is 0 Å². The van der Waals surface area contributed by atoms with E-state index in [9.17, 15) is 0 Å². The highest BCUT2D eigenvalue weighted by atomic mass is 32.7. The molecule has 1 aliphatic rings. The van der Waals surface area contributed by atoms with Crippen LogP contribution >= 0.6 is 19.3 Å². The first-order valence-corrected chi connectivity index (χ1v) is 6.93. The third-order valence-electron chi connectivity index (χ3n) is 1.80. The van der Waals surface area contributed by atoms with Crippen LogP contribution in [0.2, 0.25) is 0 Å². The van der Waals surface area contributed by atoms with Crippen LogP contribution < -0.4 is 5.09 Å². The molecule has 0 aromatic rings. The maximum Gasteiger partial charge on any atom is 0.226 e. The van der Waals surface area contributed by atoms with Crippen molar-refractivity contribution in [1.82, 2.24) is 5.09 Å². The van der Waals surface area contributed by atoms with Gasteiger partial charge in [0.2, 0.25) is 7.07 Å². The fourth-order valence-electron chi connectivity index (χ4n) is 1.29. The van der Waals surface area contributed by atoms with E-state index in [1.54, 1.807) is 7.11 Å². The van der Waals surface area contributed by atoms with Crippen LogP contribution in [0.1, 0.15) is 20.3 Å². The van der Waals surface area contributed by atoms with Crippen LogP contribution in [0.15, 0.2) is 0 Å². The van der Waals surface area contributed by atoms with Crippen LogP contribution in [0.4, 0.5) is 0 Å². The lowest BCUT2D eigenvalue weighted by Gasteiger charge is -2.22. The average molecular weight is 210 g/mol. The van der Waals surface area contributed by atoms with E-state index in [1.807, 2.05) is 0 Å². The number of hydrogen-bond donors (Lipinski definition) is 2. The second-order valence-electron chi connectivity index (χ2n) is 3.45. The van der Waals surface area contributed by atoms with Crippen molar-refractivity contribution in [2.24, 2.45) is 5.92 Å². The van der Waals surface area contributed by atoms with Gasteiger partial charge in [0.05, 0.1) is 6.61 Å². The monoisotopic (exact) mass is 210 g/mol. The van der Waals surface area contributed by atoms with Crippen molar-refractivity contribution < 1.29 is 9.05 Å². The van der Waals surface area contributed by atoms with E-state index >= 15 is 0 Å². The van der Waals surface area contributed by atoms with Gasteiger partial charge in [0.1, 0.15) is 0 Å². The molecule has 12 heavy (non-hydrogen) atoms. The van der Waals surface area contributed by atoms with E-state index in [0.717, 1.165) is 13.0 Å². The second kappa shape index (κ2) is 4.25. The minimum atomic E-state index is -1.97. The molecule has 1 unspecified atom stereocenters. The molecule has 0 aliphatic carbocycles. The lowest BCUT2D eigenvalue weighted by Crippen LogP contribution is -2.24. The Bertz CT molecular complexity index is 158. The summed E-state index contributed by atoms with van der Waals surface area (Å²) in [6.45, 7) is 5.13. The quantitative estimate of drug-likeness (QED) is 0.553. The zero-order chi connectivity index (χ0) is 9.19. The lowest BCUT2D eigenvalue weighted by molar-refractivity contribution is 0.294. The Kier molecular flexibility index (Phi) is 3.80. The molecule has 1 saturated heterocycles. The summed E-state index contributed by atoms with van der Waals surface area (Å²) in [6.07, 6.45) is 1.12. The largest absolute Gasteiger partial charge is 0.325 e. The normalized spacial score (nSPS) is 36.2. The van der Waals surface area contributed by atoms with Crippen molar-refractivity contribution in [2.45, 2.75) is 26.3 Å². The molecule has 0 amide bonds. The minimum Gasteiger partial charge on any atom is -0.325 e. The predicted molar refractivity (Wildman–Crippen MR) is 55.2 cm³/mol. The lowest BCUT2D eigenvalue weighted by atomic mass is 10.1. The second-order valence-corrected chi connectivity index (χ2v) is 6.96. The van der Waals surface area contributed by atoms with E-state index < -0.39 is 7.07 Å². The summed E-state index contributed by atoms with van der Waals surface area (Å²) in [5.41, 5.74) is 0. The van der Waals surface area contributed by atoms with Gasteiger partial charge < -0.3 is 9.05 Å². The van der Waals surface area contributed by atoms with E-state index in [2.05, 4.69) is 31.2 Å². The van der Waals surface area contributed by atoms with E-state index in [0.29, 0.717) is 12.0 Å². The van der Waals surface area contributed by atoms with Gasteiger partial charge in [-0.3, -0.25) is 0 Å². The fraction of sp³-hybridized carbons (Fsp3) is 1.00. The Morgan fingerprint density at radius 3 is 2.83 bits per heavy atom. The molecule has 73 valence electrons. The summed E-state index contributed by atoms with van der Waals surface area (Å²) in [4.78, 5) is 0. The molecule has 1 aliphatic heterocycles. The van der Waals surface area contributed by atoms with Crippen molar-refractivity contribution in [3.8, 4) is 0 Å². The predicted octanol–water partition coefficient (Wildman–Crippen LogP) is 2.27. The zero-order valence-electron chi connectivity index (χ0n) is 7.78. The highest BCUT2D eigenvalue weighted by Gasteiger charge is 2.35. The Morgan fingerprint density at radius 2 is 2.42 bits per heavy atom. The molecule has 5 heteroatoms. The molecule has 1 radical (unpaired) electrons. The molecular formula is C7H17NO2PS. The van der Waals surface area contributed by atoms with Crippen molar-refractivity contribution >= 4 is 19.3 Å². The maximum absolute atomic E-state index is 5.45. The summed E-state index contributed by atoms with van der Waals surface area (Å²) < 4.78 is 10.6. The Labute approximate surface area is 79.9 Å². The minimum absolute atomic E-state index is 0.413. The number of thiol groups is 1. The summed E-state index contributed by atoms with van der Waals surface area (Å²) in [6, 6.07) is 0.413. The first kappa shape index (κ1) is 10.7. The summed E-state index contributed by atoms with van der Waals surface area (Å²) in [5.74, 6) is 0.683. The van der Waals surface area contributed by atoms with Crippen molar-refractivity contribution in [3.05, 3.63) is 0 Å². The van der Waals surface area contributed by atoms with Gasteiger partial charge in [-0.15, -0.1) is 0 Å². The van der Waals surface area contributed by atoms with E-state index in [4.69, 9.17) is 9.05 Å². The summed E-state index contributed by atoms with van der Waals surface area (Å²) in [5, 5.41) is 3.28. The van der Waals surface area contributed by atoms with Crippen LogP contribution in [0.25, 0.3) is 0 Å². The molecule has 0 spiro atoms. The number of rotatable bonds is 3. The summed E-state index contributed by atoms with van der Waals surface area (Å²) in [7, 11) is -0.338. The molecule has 3 nitrogen and oxygen atoms in total. The fourth-order valence-corrected chi connectivity index (χ4v) is 3.29. The van der Waals surface area contributed by atoms with Gasteiger partial charge in [-0.1, -0.05) is 26.1 Å². The standard InChI is InChI=1S/C7H17NO2PS/c1-6(2)4-7-5-10-11(12,8-7)9-3/h6-8,12H,4-5H2,1-3H3/t7-/m0/s1. The molecule has 1 heterocycles. The topological polar surface area (TPSA) is 30.5 Å². The van der Waals surface area contributed by atoms with Gasteiger partial charge >= 0.3 is 0 Å². The van der Waals surface area contributed by atoms with Crippen molar-refractivity contribution in [1.29, 1.82) is 0 Å². The molecule has 1 rings (SSSR count). The number of hydrogen-bond acceptors (Lipinski definition) is 4. The van der Waals surface area contributed by atoms with Crippen LogP contribution in [0, 0.1) is 5.92 Å².